The number of carbonyl (C=O) groups is 1. The molecule has 0 aromatic heterocycles. The molecule has 4 heteroatoms. The molecule has 0 aliphatic rings. The van der Waals surface area contributed by atoms with Gasteiger partial charge in [-0.25, -0.2) is 0 Å². The van der Waals surface area contributed by atoms with E-state index in [1.165, 1.54) is 148 Å². The van der Waals surface area contributed by atoms with Gasteiger partial charge in [-0.05, 0) is 77.0 Å². The summed E-state index contributed by atoms with van der Waals surface area (Å²) < 4.78 is 11.1. The lowest BCUT2D eigenvalue weighted by molar-refractivity contribution is -0.154. The van der Waals surface area contributed by atoms with Crippen LogP contribution in [0.2, 0.25) is 0 Å². The molecular formula is C44H80O4. The molecule has 0 amide bonds. The van der Waals surface area contributed by atoms with Crippen LogP contribution in [0, 0.1) is 0 Å². The van der Waals surface area contributed by atoms with Crippen molar-refractivity contribution in [1.29, 1.82) is 0 Å². The monoisotopic (exact) mass is 673 g/mol. The summed E-state index contributed by atoms with van der Waals surface area (Å²) >= 11 is 0. The zero-order valence-corrected chi connectivity index (χ0v) is 32.0. The highest BCUT2D eigenvalue weighted by Crippen LogP contribution is 2.13. The fourth-order valence-corrected chi connectivity index (χ4v) is 5.74. The molecule has 0 aliphatic heterocycles. The normalized spacial score (nSPS) is 12.8. The third-order valence-corrected chi connectivity index (χ3v) is 8.88. The van der Waals surface area contributed by atoms with Crippen molar-refractivity contribution in [2.75, 3.05) is 19.8 Å². The second-order valence-corrected chi connectivity index (χ2v) is 13.7. The average molecular weight is 673 g/mol. The predicted molar refractivity (Wildman–Crippen MR) is 210 cm³/mol. The molecule has 0 fully saturated rings. The second kappa shape index (κ2) is 41.5. The van der Waals surface area contributed by atoms with E-state index in [2.05, 4.69) is 62.5 Å². The van der Waals surface area contributed by atoms with Crippen LogP contribution in [0.15, 0.2) is 48.6 Å². The first-order chi connectivity index (χ1) is 23.7. The van der Waals surface area contributed by atoms with Gasteiger partial charge >= 0.3 is 5.97 Å². The number of esters is 1. The van der Waals surface area contributed by atoms with E-state index in [1.54, 1.807) is 0 Å². The summed E-state index contributed by atoms with van der Waals surface area (Å²) in [5, 5.41) is 9.58. The number of unbranched alkanes of at least 4 members (excludes halogenated alkanes) is 22. The third kappa shape index (κ3) is 38.8. The van der Waals surface area contributed by atoms with E-state index in [9.17, 15) is 9.90 Å². The SMILES string of the molecule is CCCCC/C=C\CCCCCCCCOCC(CO)OC(=O)CCCCCCCCCC/C=C\C/C=C\C/C=C\CCCCCCC. The molecule has 0 rings (SSSR count). The molecule has 0 radical (unpaired) electrons. The van der Waals surface area contributed by atoms with Gasteiger partial charge in [-0.2, -0.15) is 0 Å². The van der Waals surface area contributed by atoms with Crippen molar-refractivity contribution in [3.63, 3.8) is 0 Å². The Morgan fingerprint density at radius 3 is 1.38 bits per heavy atom. The van der Waals surface area contributed by atoms with E-state index in [-0.39, 0.29) is 19.2 Å². The molecule has 4 nitrogen and oxygen atoms in total. The second-order valence-electron chi connectivity index (χ2n) is 13.7. The number of aliphatic hydroxyl groups is 1. The van der Waals surface area contributed by atoms with E-state index in [4.69, 9.17) is 9.47 Å². The number of hydrogen-bond acceptors (Lipinski definition) is 4. The Bertz CT molecular complexity index is 753. The lowest BCUT2D eigenvalue weighted by atomic mass is 10.1. The first kappa shape index (κ1) is 46.4. The number of allylic oxidation sites excluding steroid dienone is 8. The molecule has 0 spiro atoms. The van der Waals surface area contributed by atoms with Crippen molar-refractivity contribution < 1.29 is 19.4 Å². The van der Waals surface area contributed by atoms with Gasteiger partial charge in [0.25, 0.3) is 0 Å². The maximum absolute atomic E-state index is 12.2. The number of ether oxygens (including phenoxy) is 2. The van der Waals surface area contributed by atoms with E-state index >= 15 is 0 Å². The minimum Gasteiger partial charge on any atom is -0.457 e. The van der Waals surface area contributed by atoms with Gasteiger partial charge in [0.15, 0.2) is 0 Å². The fourth-order valence-electron chi connectivity index (χ4n) is 5.74. The van der Waals surface area contributed by atoms with Crippen LogP contribution >= 0.6 is 0 Å². The molecule has 0 aliphatic carbocycles. The van der Waals surface area contributed by atoms with Crippen LogP contribution in [0.5, 0.6) is 0 Å². The van der Waals surface area contributed by atoms with Gasteiger partial charge < -0.3 is 14.6 Å². The van der Waals surface area contributed by atoms with Crippen molar-refractivity contribution in [1.82, 2.24) is 0 Å². The van der Waals surface area contributed by atoms with Gasteiger partial charge in [-0.15, -0.1) is 0 Å². The summed E-state index contributed by atoms with van der Waals surface area (Å²) in [6.45, 7) is 5.30. The molecule has 280 valence electrons. The lowest BCUT2D eigenvalue weighted by Crippen LogP contribution is -2.27. The van der Waals surface area contributed by atoms with Crippen LogP contribution in [0.3, 0.4) is 0 Å². The van der Waals surface area contributed by atoms with Crippen LogP contribution in [-0.4, -0.2) is 37.0 Å². The smallest absolute Gasteiger partial charge is 0.306 e. The van der Waals surface area contributed by atoms with Crippen LogP contribution < -0.4 is 0 Å². The first-order valence-corrected chi connectivity index (χ1v) is 20.7. The van der Waals surface area contributed by atoms with Crippen molar-refractivity contribution in [3.05, 3.63) is 48.6 Å². The maximum atomic E-state index is 12.2. The molecule has 0 bridgehead atoms. The Morgan fingerprint density at radius 2 is 0.875 bits per heavy atom. The summed E-state index contributed by atoms with van der Waals surface area (Å²) in [6, 6.07) is 0. The molecule has 0 aromatic rings. The molecule has 1 unspecified atom stereocenters. The van der Waals surface area contributed by atoms with Crippen molar-refractivity contribution in [3.8, 4) is 0 Å². The van der Waals surface area contributed by atoms with E-state index in [0.717, 1.165) is 32.1 Å². The Hall–Kier alpha value is -1.65. The van der Waals surface area contributed by atoms with Crippen LogP contribution in [-0.2, 0) is 14.3 Å². The quantitative estimate of drug-likeness (QED) is 0.0403. The van der Waals surface area contributed by atoms with Gasteiger partial charge in [-0.3, -0.25) is 4.79 Å². The lowest BCUT2D eigenvalue weighted by Gasteiger charge is -2.15. The molecule has 48 heavy (non-hydrogen) atoms. The minimum absolute atomic E-state index is 0.178. The molecule has 0 saturated carbocycles. The third-order valence-electron chi connectivity index (χ3n) is 8.88. The highest BCUT2D eigenvalue weighted by Gasteiger charge is 2.13. The summed E-state index contributed by atoms with van der Waals surface area (Å²) in [5.41, 5.74) is 0. The highest BCUT2D eigenvalue weighted by atomic mass is 16.6. The van der Waals surface area contributed by atoms with Gasteiger partial charge in [0.1, 0.15) is 6.10 Å². The average Bonchev–Trinajstić information content (AvgIpc) is 3.09. The molecular weight excluding hydrogens is 592 g/mol. The van der Waals surface area contributed by atoms with Crippen LogP contribution in [0.25, 0.3) is 0 Å². The zero-order chi connectivity index (χ0) is 34.9. The molecule has 0 saturated heterocycles. The van der Waals surface area contributed by atoms with Gasteiger partial charge in [0, 0.05) is 13.0 Å². The first-order valence-electron chi connectivity index (χ1n) is 20.7. The van der Waals surface area contributed by atoms with E-state index < -0.39 is 6.10 Å². The van der Waals surface area contributed by atoms with Gasteiger partial charge in [0.2, 0.25) is 0 Å². The number of rotatable bonds is 38. The van der Waals surface area contributed by atoms with Crippen molar-refractivity contribution >= 4 is 5.97 Å². The Labute approximate surface area is 299 Å². The molecule has 0 aromatic carbocycles. The summed E-state index contributed by atoms with van der Waals surface area (Å²) in [7, 11) is 0. The molecule has 1 N–H and O–H groups in total. The Morgan fingerprint density at radius 1 is 0.500 bits per heavy atom. The summed E-state index contributed by atoms with van der Waals surface area (Å²) in [5.74, 6) is -0.211. The zero-order valence-electron chi connectivity index (χ0n) is 32.0. The molecule has 0 heterocycles. The minimum atomic E-state index is -0.541. The van der Waals surface area contributed by atoms with Crippen LogP contribution in [0.4, 0.5) is 0 Å². The van der Waals surface area contributed by atoms with Crippen molar-refractivity contribution in [2.45, 2.75) is 206 Å². The Kier molecular flexibility index (Phi) is 40.1. The summed E-state index contributed by atoms with van der Waals surface area (Å²) in [4.78, 5) is 12.2. The van der Waals surface area contributed by atoms with Gasteiger partial charge in [0.05, 0.1) is 13.2 Å². The number of aliphatic hydroxyl groups excluding tert-OH is 1. The number of carbonyl (C=O) groups excluding carboxylic acids is 1. The Balaban J connectivity index is 3.47. The van der Waals surface area contributed by atoms with E-state index in [1.807, 2.05) is 0 Å². The maximum Gasteiger partial charge on any atom is 0.306 e. The predicted octanol–water partition coefficient (Wildman–Crippen LogP) is 13.5. The molecule has 1 atom stereocenters. The largest absolute Gasteiger partial charge is 0.457 e. The fraction of sp³-hybridized carbons (Fsp3) is 0.795. The number of hydrogen-bond donors (Lipinski definition) is 1. The van der Waals surface area contributed by atoms with E-state index in [0.29, 0.717) is 13.0 Å². The standard InChI is InChI=1S/C44H80O4/c1-3-5-7-9-11-13-15-17-18-19-20-21-22-23-24-25-26-27-29-31-33-35-37-39-44(46)48-43(41-45)42-47-40-38-36-34-32-30-28-16-14-12-10-8-6-4-2/h12,14-15,17,19-20,22-23,43,45H,3-11,13,16,18,21,24-42H2,1-2H3/b14-12-,17-15-,20-19-,23-22-. The summed E-state index contributed by atoms with van der Waals surface area (Å²) in [6.07, 6.45) is 53.0. The highest BCUT2D eigenvalue weighted by molar-refractivity contribution is 5.69. The topological polar surface area (TPSA) is 55.8 Å². The van der Waals surface area contributed by atoms with Crippen LogP contribution in [0.1, 0.15) is 200 Å². The van der Waals surface area contributed by atoms with Gasteiger partial charge in [-0.1, -0.05) is 165 Å². The van der Waals surface area contributed by atoms with Crippen molar-refractivity contribution in [2.24, 2.45) is 0 Å².